The maximum atomic E-state index is 13.5. The molecule has 2 aromatic carbocycles. The second kappa shape index (κ2) is 6.72. The van der Waals surface area contributed by atoms with E-state index in [4.69, 9.17) is 0 Å². The minimum absolute atomic E-state index is 0.220. The second-order valence-corrected chi connectivity index (χ2v) is 7.07. The molecule has 2 aromatic rings. The van der Waals surface area contributed by atoms with Gasteiger partial charge < -0.3 is 4.90 Å². The first-order valence-electron chi connectivity index (χ1n) is 9.00. The Morgan fingerprint density at radius 2 is 1.48 bits per heavy atom. The van der Waals surface area contributed by atoms with Gasteiger partial charge in [0.2, 0.25) is 5.91 Å². The SMILES string of the molecule is O=C1N2CC=CC[C@H]2C=CC1(Cc1ccccc1)Cc1ccccc1. The molecule has 25 heavy (non-hydrogen) atoms. The molecule has 0 saturated carbocycles. The third-order valence-electron chi connectivity index (χ3n) is 5.30. The molecule has 4 rings (SSSR count). The molecule has 0 fully saturated rings. The molecule has 0 aliphatic carbocycles. The van der Waals surface area contributed by atoms with Gasteiger partial charge in [0.05, 0.1) is 11.5 Å². The first kappa shape index (κ1) is 15.9. The minimum Gasteiger partial charge on any atom is -0.331 e. The van der Waals surface area contributed by atoms with E-state index >= 15 is 0 Å². The Balaban J connectivity index is 1.72. The van der Waals surface area contributed by atoms with Gasteiger partial charge in [0, 0.05) is 6.54 Å². The van der Waals surface area contributed by atoms with Gasteiger partial charge in [0.25, 0.3) is 0 Å². The molecule has 1 amide bonds. The van der Waals surface area contributed by atoms with Crippen LogP contribution in [0.5, 0.6) is 0 Å². The molecule has 0 aromatic heterocycles. The van der Waals surface area contributed by atoms with Crippen molar-refractivity contribution in [3.05, 3.63) is 96.1 Å². The third kappa shape index (κ3) is 3.17. The molecule has 0 N–H and O–H groups in total. The first-order chi connectivity index (χ1) is 12.3. The van der Waals surface area contributed by atoms with Crippen molar-refractivity contribution in [3.63, 3.8) is 0 Å². The van der Waals surface area contributed by atoms with Crippen LogP contribution in [0.4, 0.5) is 0 Å². The number of amides is 1. The van der Waals surface area contributed by atoms with Crippen LogP contribution < -0.4 is 0 Å². The molecule has 0 radical (unpaired) electrons. The van der Waals surface area contributed by atoms with Crippen LogP contribution in [0.15, 0.2) is 85.0 Å². The van der Waals surface area contributed by atoms with E-state index in [-0.39, 0.29) is 11.9 Å². The van der Waals surface area contributed by atoms with E-state index in [0.717, 1.165) is 25.8 Å². The zero-order valence-corrected chi connectivity index (χ0v) is 14.3. The lowest BCUT2D eigenvalue weighted by Gasteiger charge is -2.43. The number of fused-ring (bicyclic) bond motifs is 1. The standard InChI is InChI=1S/C23H23NO/c25-22-23(17-19-9-3-1-4-10-19,18-20-11-5-2-6-12-20)15-14-21-13-7-8-16-24(21)22/h1-12,14-15,21H,13,16-18H2/t21-/m0/s1. The number of carbonyl (C=O) groups excluding carboxylic acids is 1. The summed E-state index contributed by atoms with van der Waals surface area (Å²) in [5, 5.41) is 0. The molecule has 0 unspecified atom stereocenters. The minimum atomic E-state index is -0.496. The van der Waals surface area contributed by atoms with Crippen molar-refractivity contribution in [2.45, 2.75) is 25.3 Å². The van der Waals surface area contributed by atoms with Crippen molar-refractivity contribution < 1.29 is 4.79 Å². The highest BCUT2D eigenvalue weighted by Gasteiger charge is 2.43. The lowest BCUT2D eigenvalue weighted by molar-refractivity contribution is -0.141. The van der Waals surface area contributed by atoms with E-state index in [1.807, 2.05) is 17.0 Å². The predicted molar refractivity (Wildman–Crippen MR) is 101 cm³/mol. The Labute approximate surface area is 149 Å². The molecule has 2 heterocycles. The van der Waals surface area contributed by atoms with Crippen molar-refractivity contribution in [1.29, 1.82) is 0 Å². The summed E-state index contributed by atoms with van der Waals surface area (Å²) in [6.45, 7) is 0.721. The lowest BCUT2D eigenvalue weighted by Crippen LogP contribution is -2.53. The van der Waals surface area contributed by atoms with E-state index in [1.54, 1.807) is 0 Å². The Kier molecular flexibility index (Phi) is 4.27. The van der Waals surface area contributed by atoms with E-state index in [9.17, 15) is 4.79 Å². The summed E-state index contributed by atoms with van der Waals surface area (Å²) in [4.78, 5) is 15.6. The van der Waals surface area contributed by atoms with Gasteiger partial charge in [0.1, 0.15) is 0 Å². The lowest BCUT2D eigenvalue weighted by atomic mass is 9.72. The second-order valence-electron chi connectivity index (χ2n) is 7.07. The van der Waals surface area contributed by atoms with E-state index in [1.165, 1.54) is 11.1 Å². The average molecular weight is 329 g/mol. The van der Waals surface area contributed by atoms with Crippen LogP contribution in [-0.2, 0) is 17.6 Å². The van der Waals surface area contributed by atoms with E-state index in [2.05, 4.69) is 72.8 Å². The molecule has 126 valence electrons. The van der Waals surface area contributed by atoms with Crippen molar-refractivity contribution in [2.24, 2.45) is 5.41 Å². The van der Waals surface area contributed by atoms with Crippen LogP contribution in [-0.4, -0.2) is 23.4 Å². The van der Waals surface area contributed by atoms with Gasteiger partial charge in [-0.05, 0) is 30.4 Å². The Bertz CT molecular complexity index is 750. The molecule has 0 saturated heterocycles. The smallest absolute Gasteiger partial charge is 0.234 e. The summed E-state index contributed by atoms with van der Waals surface area (Å²) in [5.41, 5.74) is 1.93. The summed E-state index contributed by atoms with van der Waals surface area (Å²) in [7, 11) is 0. The molecule has 2 aliphatic heterocycles. The van der Waals surface area contributed by atoms with Crippen LogP contribution in [0.2, 0.25) is 0 Å². The van der Waals surface area contributed by atoms with Gasteiger partial charge in [-0.15, -0.1) is 0 Å². The number of nitrogens with zero attached hydrogens (tertiary/aromatic N) is 1. The molecule has 1 atom stereocenters. The number of rotatable bonds is 4. The van der Waals surface area contributed by atoms with Crippen LogP contribution in [0, 0.1) is 5.41 Å². The summed E-state index contributed by atoms with van der Waals surface area (Å²) < 4.78 is 0. The van der Waals surface area contributed by atoms with Crippen molar-refractivity contribution in [2.75, 3.05) is 6.54 Å². The van der Waals surface area contributed by atoms with Crippen LogP contribution in [0.3, 0.4) is 0 Å². The van der Waals surface area contributed by atoms with Crippen LogP contribution >= 0.6 is 0 Å². The Morgan fingerprint density at radius 3 is 2.08 bits per heavy atom. The highest BCUT2D eigenvalue weighted by molar-refractivity contribution is 5.87. The first-order valence-corrected chi connectivity index (χ1v) is 9.00. The number of benzene rings is 2. The molecular formula is C23H23NO. The van der Waals surface area contributed by atoms with Gasteiger partial charge in [-0.2, -0.15) is 0 Å². The van der Waals surface area contributed by atoms with E-state index < -0.39 is 5.41 Å². The van der Waals surface area contributed by atoms with Gasteiger partial charge in [-0.25, -0.2) is 0 Å². The summed E-state index contributed by atoms with van der Waals surface area (Å²) in [5.74, 6) is 0.261. The molecule has 2 heteroatoms. The van der Waals surface area contributed by atoms with Gasteiger partial charge in [-0.1, -0.05) is 85.0 Å². The molecule has 0 spiro atoms. The van der Waals surface area contributed by atoms with Crippen LogP contribution in [0.1, 0.15) is 17.5 Å². The molecule has 2 nitrogen and oxygen atoms in total. The summed E-state index contributed by atoms with van der Waals surface area (Å²) in [6, 6.07) is 21.0. The molecular weight excluding hydrogens is 306 g/mol. The van der Waals surface area contributed by atoms with Gasteiger partial charge >= 0.3 is 0 Å². The summed E-state index contributed by atoms with van der Waals surface area (Å²) >= 11 is 0. The van der Waals surface area contributed by atoms with Crippen molar-refractivity contribution in [1.82, 2.24) is 4.90 Å². The fraction of sp³-hybridized carbons (Fsp3) is 0.261. The Hall–Kier alpha value is -2.61. The number of carbonyl (C=O) groups is 1. The quantitative estimate of drug-likeness (QED) is 0.771. The Morgan fingerprint density at radius 1 is 0.880 bits per heavy atom. The number of hydrogen-bond acceptors (Lipinski definition) is 1. The monoisotopic (exact) mass is 329 g/mol. The van der Waals surface area contributed by atoms with Crippen molar-refractivity contribution in [3.8, 4) is 0 Å². The van der Waals surface area contributed by atoms with Crippen molar-refractivity contribution >= 4 is 5.91 Å². The number of hydrogen-bond donors (Lipinski definition) is 0. The van der Waals surface area contributed by atoms with Gasteiger partial charge in [0.15, 0.2) is 0 Å². The van der Waals surface area contributed by atoms with E-state index in [0.29, 0.717) is 0 Å². The fourth-order valence-corrected chi connectivity index (χ4v) is 4.01. The zero-order chi connectivity index (χ0) is 17.1. The highest BCUT2D eigenvalue weighted by atomic mass is 16.2. The third-order valence-corrected chi connectivity index (χ3v) is 5.30. The largest absolute Gasteiger partial charge is 0.331 e. The zero-order valence-electron chi connectivity index (χ0n) is 14.3. The fourth-order valence-electron chi connectivity index (χ4n) is 4.01. The topological polar surface area (TPSA) is 20.3 Å². The summed E-state index contributed by atoms with van der Waals surface area (Å²) in [6.07, 6.45) is 11.1. The highest BCUT2D eigenvalue weighted by Crippen LogP contribution is 2.37. The molecule has 0 bridgehead atoms. The maximum Gasteiger partial charge on any atom is 0.234 e. The van der Waals surface area contributed by atoms with Crippen LogP contribution in [0.25, 0.3) is 0 Å². The van der Waals surface area contributed by atoms with Gasteiger partial charge in [-0.3, -0.25) is 4.79 Å². The maximum absolute atomic E-state index is 13.5. The predicted octanol–water partition coefficient (Wildman–Crippen LogP) is 4.19. The average Bonchev–Trinajstić information content (AvgIpc) is 2.67. The molecule has 2 aliphatic rings. The normalized spacial score (nSPS) is 21.2.